The second-order valence-electron chi connectivity index (χ2n) is 6.66. The van der Waals surface area contributed by atoms with Crippen molar-refractivity contribution in [2.75, 3.05) is 32.8 Å². The number of nitrogens with zero attached hydrogens (tertiary/aromatic N) is 2. The highest BCUT2D eigenvalue weighted by molar-refractivity contribution is 5.79. The quantitative estimate of drug-likeness (QED) is 0.765. The SMILES string of the molecule is CCOc1cccc(C(c2cnc3ccccc3c2)N2CCNCC2)c1. The minimum absolute atomic E-state index is 0.189. The normalized spacial score (nSPS) is 16.5. The van der Waals surface area contributed by atoms with Crippen molar-refractivity contribution in [2.45, 2.75) is 13.0 Å². The van der Waals surface area contributed by atoms with E-state index in [1.54, 1.807) is 0 Å². The molecular formula is C22H25N3O. The summed E-state index contributed by atoms with van der Waals surface area (Å²) in [5, 5.41) is 4.64. The van der Waals surface area contributed by atoms with Crippen LogP contribution in [0.4, 0.5) is 0 Å². The van der Waals surface area contributed by atoms with Gasteiger partial charge in [-0.05, 0) is 42.3 Å². The molecule has 1 fully saturated rings. The van der Waals surface area contributed by atoms with Gasteiger partial charge in [-0.2, -0.15) is 0 Å². The van der Waals surface area contributed by atoms with Crippen LogP contribution in [-0.2, 0) is 0 Å². The van der Waals surface area contributed by atoms with Gasteiger partial charge in [-0.1, -0.05) is 30.3 Å². The van der Waals surface area contributed by atoms with Gasteiger partial charge < -0.3 is 10.1 Å². The zero-order valence-electron chi connectivity index (χ0n) is 15.2. The second kappa shape index (κ2) is 7.85. The summed E-state index contributed by atoms with van der Waals surface area (Å²) < 4.78 is 5.74. The van der Waals surface area contributed by atoms with E-state index in [1.807, 2.05) is 25.3 Å². The molecule has 2 heterocycles. The highest BCUT2D eigenvalue weighted by Crippen LogP contribution is 2.32. The summed E-state index contributed by atoms with van der Waals surface area (Å²) in [6, 6.07) is 19.3. The maximum Gasteiger partial charge on any atom is 0.119 e. The average molecular weight is 347 g/mol. The van der Waals surface area contributed by atoms with E-state index in [1.165, 1.54) is 16.5 Å². The van der Waals surface area contributed by atoms with Gasteiger partial charge in [0.05, 0.1) is 18.2 Å². The van der Waals surface area contributed by atoms with Crippen LogP contribution >= 0.6 is 0 Å². The molecule has 0 radical (unpaired) electrons. The Morgan fingerprint density at radius 2 is 1.88 bits per heavy atom. The van der Waals surface area contributed by atoms with Crippen LogP contribution in [0.15, 0.2) is 60.8 Å². The molecule has 26 heavy (non-hydrogen) atoms. The van der Waals surface area contributed by atoms with E-state index >= 15 is 0 Å². The van der Waals surface area contributed by atoms with E-state index in [4.69, 9.17) is 9.72 Å². The monoisotopic (exact) mass is 347 g/mol. The lowest BCUT2D eigenvalue weighted by Crippen LogP contribution is -2.45. The number of hydrogen-bond acceptors (Lipinski definition) is 4. The van der Waals surface area contributed by atoms with Crippen LogP contribution in [0.2, 0.25) is 0 Å². The molecule has 1 N–H and O–H groups in total. The molecular weight excluding hydrogens is 322 g/mol. The number of aromatic nitrogens is 1. The van der Waals surface area contributed by atoms with Crippen LogP contribution in [-0.4, -0.2) is 42.7 Å². The Hall–Kier alpha value is -2.43. The van der Waals surface area contributed by atoms with Crippen molar-refractivity contribution in [1.82, 2.24) is 15.2 Å². The molecule has 1 aliphatic rings. The standard InChI is InChI=1S/C22H25N3O/c1-2-26-20-8-5-7-18(15-20)22(25-12-10-23-11-13-25)19-14-17-6-3-4-9-21(17)24-16-19/h3-9,14-16,22-23H,2,10-13H2,1H3. The fourth-order valence-corrected chi connectivity index (χ4v) is 3.73. The van der Waals surface area contributed by atoms with Gasteiger partial charge in [-0.3, -0.25) is 9.88 Å². The maximum absolute atomic E-state index is 5.74. The summed E-state index contributed by atoms with van der Waals surface area (Å²) in [7, 11) is 0. The highest BCUT2D eigenvalue weighted by atomic mass is 16.5. The lowest BCUT2D eigenvalue weighted by atomic mass is 9.96. The Morgan fingerprint density at radius 1 is 1.04 bits per heavy atom. The number of piperazine rings is 1. The molecule has 0 spiro atoms. The molecule has 2 aromatic carbocycles. The fraction of sp³-hybridized carbons (Fsp3) is 0.318. The number of ether oxygens (including phenoxy) is 1. The van der Waals surface area contributed by atoms with Crippen molar-refractivity contribution in [3.05, 3.63) is 71.9 Å². The molecule has 0 aliphatic carbocycles. The zero-order valence-corrected chi connectivity index (χ0v) is 15.2. The van der Waals surface area contributed by atoms with Gasteiger partial charge in [0.25, 0.3) is 0 Å². The van der Waals surface area contributed by atoms with Gasteiger partial charge in [0.1, 0.15) is 5.75 Å². The molecule has 0 saturated carbocycles. The number of pyridine rings is 1. The predicted octanol–water partition coefficient (Wildman–Crippen LogP) is 3.63. The second-order valence-corrected chi connectivity index (χ2v) is 6.66. The minimum Gasteiger partial charge on any atom is -0.494 e. The summed E-state index contributed by atoms with van der Waals surface area (Å²) in [4.78, 5) is 7.24. The lowest BCUT2D eigenvalue weighted by Gasteiger charge is -2.35. The van der Waals surface area contributed by atoms with Gasteiger partial charge in [0, 0.05) is 37.8 Å². The van der Waals surface area contributed by atoms with Crippen molar-refractivity contribution in [2.24, 2.45) is 0 Å². The number of fused-ring (bicyclic) bond motifs is 1. The first-order valence-electron chi connectivity index (χ1n) is 9.37. The predicted molar refractivity (Wildman–Crippen MR) is 106 cm³/mol. The molecule has 4 rings (SSSR count). The zero-order chi connectivity index (χ0) is 17.8. The third-order valence-corrected chi connectivity index (χ3v) is 4.93. The molecule has 1 aromatic heterocycles. The molecule has 1 aliphatic heterocycles. The summed E-state index contributed by atoms with van der Waals surface area (Å²) in [6.07, 6.45) is 2.03. The summed E-state index contributed by atoms with van der Waals surface area (Å²) in [6.45, 7) is 6.78. The van der Waals surface area contributed by atoms with Gasteiger partial charge in [0.2, 0.25) is 0 Å². The van der Waals surface area contributed by atoms with Gasteiger partial charge in [-0.15, -0.1) is 0 Å². The fourth-order valence-electron chi connectivity index (χ4n) is 3.73. The molecule has 134 valence electrons. The first kappa shape index (κ1) is 17.0. The van der Waals surface area contributed by atoms with E-state index in [9.17, 15) is 0 Å². The number of nitrogens with one attached hydrogen (secondary N) is 1. The third-order valence-electron chi connectivity index (χ3n) is 4.93. The Morgan fingerprint density at radius 3 is 2.73 bits per heavy atom. The summed E-state index contributed by atoms with van der Waals surface area (Å²) in [5.41, 5.74) is 3.53. The highest BCUT2D eigenvalue weighted by Gasteiger charge is 2.24. The Balaban J connectivity index is 1.77. The van der Waals surface area contributed by atoms with Crippen LogP contribution < -0.4 is 10.1 Å². The third kappa shape index (κ3) is 3.57. The molecule has 0 amide bonds. The molecule has 3 aromatic rings. The number of benzene rings is 2. The molecule has 1 saturated heterocycles. The van der Waals surface area contributed by atoms with E-state index < -0.39 is 0 Å². The molecule has 1 atom stereocenters. The van der Waals surface area contributed by atoms with Crippen molar-refractivity contribution >= 4 is 10.9 Å². The maximum atomic E-state index is 5.74. The van der Waals surface area contributed by atoms with Crippen LogP contribution in [0, 0.1) is 0 Å². The van der Waals surface area contributed by atoms with E-state index in [0.29, 0.717) is 6.61 Å². The van der Waals surface area contributed by atoms with E-state index in [0.717, 1.165) is 37.4 Å². The van der Waals surface area contributed by atoms with Gasteiger partial charge in [-0.25, -0.2) is 0 Å². The molecule has 4 nitrogen and oxygen atoms in total. The van der Waals surface area contributed by atoms with Crippen LogP contribution in [0.3, 0.4) is 0 Å². The van der Waals surface area contributed by atoms with Crippen molar-refractivity contribution in [3.63, 3.8) is 0 Å². The topological polar surface area (TPSA) is 37.4 Å². The number of para-hydroxylation sites is 1. The van der Waals surface area contributed by atoms with Crippen molar-refractivity contribution < 1.29 is 4.74 Å². The van der Waals surface area contributed by atoms with Crippen molar-refractivity contribution in [1.29, 1.82) is 0 Å². The number of rotatable bonds is 5. The van der Waals surface area contributed by atoms with Crippen LogP contribution in [0.5, 0.6) is 5.75 Å². The molecule has 4 heteroatoms. The smallest absolute Gasteiger partial charge is 0.119 e. The lowest BCUT2D eigenvalue weighted by molar-refractivity contribution is 0.198. The Labute approximate surface area is 154 Å². The largest absolute Gasteiger partial charge is 0.494 e. The molecule has 0 bridgehead atoms. The van der Waals surface area contributed by atoms with Gasteiger partial charge in [0.15, 0.2) is 0 Å². The minimum atomic E-state index is 0.189. The van der Waals surface area contributed by atoms with Crippen LogP contribution in [0.1, 0.15) is 24.1 Å². The first-order valence-corrected chi connectivity index (χ1v) is 9.37. The first-order chi connectivity index (χ1) is 12.8. The molecule has 1 unspecified atom stereocenters. The van der Waals surface area contributed by atoms with E-state index in [2.05, 4.69) is 52.7 Å². The number of hydrogen-bond donors (Lipinski definition) is 1. The van der Waals surface area contributed by atoms with Crippen LogP contribution in [0.25, 0.3) is 10.9 Å². The Bertz CT molecular complexity index is 874. The van der Waals surface area contributed by atoms with Gasteiger partial charge >= 0.3 is 0 Å². The Kier molecular flexibility index (Phi) is 5.14. The average Bonchev–Trinajstić information content (AvgIpc) is 2.70. The van der Waals surface area contributed by atoms with Crippen molar-refractivity contribution in [3.8, 4) is 5.75 Å². The summed E-state index contributed by atoms with van der Waals surface area (Å²) >= 11 is 0. The summed E-state index contributed by atoms with van der Waals surface area (Å²) in [5.74, 6) is 0.930. The van der Waals surface area contributed by atoms with E-state index in [-0.39, 0.29) is 6.04 Å².